The van der Waals surface area contributed by atoms with Gasteiger partial charge in [-0.1, -0.05) is 6.07 Å². The number of amides is 1. The first kappa shape index (κ1) is 18.3. The number of aryl methyl sites for hydroxylation is 2. The Kier molecular flexibility index (Phi) is 5.19. The Morgan fingerprint density at radius 3 is 2.85 bits per heavy atom. The molecule has 3 rings (SSSR count). The third-order valence-corrected chi connectivity index (χ3v) is 6.19. The average Bonchev–Trinajstić information content (AvgIpc) is 3.26. The number of carbonyl (C=O) groups excluding carboxylic acids is 2. The van der Waals surface area contributed by atoms with Crippen molar-refractivity contribution in [1.82, 2.24) is 14.9 Å². The number of methoxy groups -OCH3 is 1. The quantitative estimate of drug-likeness (QED) is 0.675. The number of carbonyl (C=O) groups is 2. The van der Waals surface area contributed by atoms with Gasteiger partial charge in [-0.15, -0.1) is 22.7 Å². The molecule has 7 nitrogen and oxygen atoms in total. The first-order chi connectivity index (χ1) is 12.4. The standard InChI is InChI=1S/C17H17N3O4S2/c1-9-13-16(18-8-20(2)17(13)23)26-14(9)15(22)19-10(7-12(21)24-3)11-5-4-6-25-11/h4-6,8,10H,7H2,1-3H3,(H,19,22). The highest BCUT2D eigenvalue weighted by Gasteiger charge is 2.24. The van der Waals surface area contributed by atoms with Gasteiger partial charge < -0.3 is 14.6 Å². The molecule has 136 valence electrons. The predicted octanol–water partition coefficient (Wildman–Crippen LogP) is 2.40. The van der Waals surface area contributed by atoms with Crippen molar-refractivity contribution < 1.29 is 14.3 Å². The van der Waals surface area contributed by atoms with Crippen LogP contribution in [0.5, 0.6) is 0 Å². The highest BCUT2D eigenvalue weighted by Crippen LogP contribution is 2.28. The Morgan fingerprint density at radius 2 is 2.19 bits per heavy atom. The van der Waals surface area contributed by atoms with Gasteiger partial charge in [0.1, 0.15) is 4.83 Å². The molecule has 1 amide bonds. The minimum atomic E-state index is -0.490. The van der Waals surface area contributed by atoms with Gasteiger partial charge >= 0.3 is 5.97 Å². The maximum atomic E-state index is 12.8. The fraction of sp³-hybridized carbons (Fsp3) is 0.294. The zero-order chi connectivity index (χ0) is 18.8. The Morgan fingerprint density at radius 1 is 1.42 bits per heavy atom. The average molecular weight is 391 g/mol. The SMILES string of the molecule is COC(=O)CC(NC(=O)c1sc2ncn(C)c(=O)c2c1C)c1cccs1. The zero-order valence-electron chi connectivity index (χ0n) is 14.4. The van der Waals surface area contributed by atoms with Crippen LogP contribution in [0.15, 0.2) is 28.6 Å². The van der Waals surface area contributed by atoms with Gasteiger partial charge in [0.05, 0.1) is 36.2 Å². The summed E-state index contributed by atoms with van der Waals surface area (Å²) in [5, 5.41) is 5.21. The normalized spacial score (nSPS) is 12.1. The molecule has 9 heteroatoms. The van der Waals surface area contributed by atoms with E-state index in [4.69, 9.17) is 4.74 Å². The zero-order valence-corrected chi connectivity index (χ0v) is 16.1. The molecule has 0 spiro atoms. The number of aromatic nitrogens is 2. The Labute approximate surface area is 157 Å². The number of thiophene rings is 2. The molecule has 1 atom stereocenters. The van der Waals surface area contributed by atoms with Crippen LogP contribution in [0.3, 0.4) is 0 Å². The molecule has 1 N–H and O–H groups in total. The summed E-state index contributed by atoms with van der Waals surface area (Å²) in [6.07, 6.45) is 1.47. The number of nitrogens with one attached hydrogen (secondary N) is 1. The molecule has 0 aliphatic carbocycles. The van der Waals surface area contributed by atoms with Crippen LogP contribution in [-0.2, 0) is 16.6 Å². The fourth-order valence-electron chi connectivity index (χ4n) is 2.61. The lowest BCUT2D eigenvalue weighted by molar-refractivity contribution is -0.141. The molecule has 3 heterocycles. The van der Waals surface area contributed by atoms with Gasteiger partial charge in [0.15, 0.2) is 0 Å². The van der Waals surface area contributed by atoms with Crippen molar-refractivity contribution >= 4 is 44.8 Å². The summed E-state index contributed by atoms with van der Waals surface area (Å²) in [6, 6.07) is 3.22. The highest BCUT2D eigenvalue weighted by molar-refractivity contribution is 7.20. The maximum absolute atomic E-state index is 12.8. The molecule has 0 fully saturated rings. The number of hydrogen-bond acceptors (Lipinski definition) is 7. The van der Waals surface area contributed by atoms with E-state index in [0.29, 0.717) is 20.7 Å². The minimum Gasteiger partial charge on any atom is -0.469 e. The van der Waals surface area contributed by atoms with Crippen LogP contribution >= 0.6 is 22.7 Å². The van der Waals surface area contributed by atoms with Crippen LogP contribution in [0.25, 0.3) is 10.2 Å². The Balaban J connectivity index is 1.94. The van der Waals surface area contributed by atoms with Crippen molar-refractivity contribution in [3.63, 3.8) is 0 Å². The van der Waals surface area contributed by atoms with Crippen LogP contribution in [-0.4, -0.2) is 28.5 Å². The van der Waals surface area contributed by atoms with Gasteiger partial charge in [-0.05, 0) is 23.9 Å². The Hall–Kier alpha value is -2.52. The van der Waals surface area contributed by atoms with E-state index in [1.807, 2.05) is 17.5 Å². The van der Waals surface area contributed by atoms with E-state index in [0.717, 1.165) is 4.88 Å². The first-order valence-corrected chi connectivity index (χ1v) is 9.47. The second-order valence-corrected chi connectivity index (χ2v) is 7.70. The summed E-state index contributed by atoms with van der Waals surface area (Å²) in [5.41, 5.74) is 0.409. The van der Waals surface area contributed by atoms with Crippen molar-refractivity contribution in [2.45, 2.75) is 19.4 Å². The summed E-state index contributed by atoms with van der Waals surface area (Å²) in [6.45, 7) is 1.73. The molecule has 0 saturated heterocycles. The van der Waals surface area contributed by atoms with Gasteiger partial charge in [0.25, 0.3) is 11.5 Å². The summed E-state index contributed by atoms with van der Waals surface area (Å²) >= 11 is 2.62. The number of ether oxygens (including phenoxy) is 1. The van der Waals surface area contributed by atoms with Gasteiger partial charge in [-0.2, -0.15) is 0 Å². The molecule has 0 aliphatic rings. The molecule has 0 aliphatic heterocycles. The smallest absolute Gasteiger partial charge is 0.307 e. The highest BCUT2D eigenvalue weighted by atomic mass is 32.1. The van der Waals surface area contributed by atoms with E-state index in [1.54, 1.807) is 14.0 Å². The van der Waals surface area contributed by atoms with E-state index < -0.39 is 12.0 Å². The van der Waals surface area contributed by atoms with E-state index in [1.165, 1.54) is 40.7 Å². The molecular weight excluding hydrogens is 374 g/mol. The van der Waals surface area contributed by atoms with Gasteiger partial charge in [0, 0.05) is 11.9 Å². The molecule has 1 unspecified atom stereocenters. The Bertz CT molecular complexity index is 1020. The molecule has 3 aromatic heterocycles. The number of esters is 1. The number of hydrogen-bond donors (Lipinski definition) is 1. The largest absolute Gasteiger partial charge is 0.469 e. The fourth-order valence-corrected chi connectivity index (χ4v) is 4.43. The summed E-state index contributed by atoms with van der Waals surface area (Å²) in [5.74, 6) is -0.748. The predicted molar refractivity (Wildman–Crippen MR) is 101 cm³/mol. The van der Waals surface area contributed by atoms with Crippen LogP contribution in [0.1, 0.15) is 32.6 Å². The summed E-state index contributed by atoms with van der Waals surface area (Å²) in [4.78, 5) is 42.9. The third-order valence-electron chi connectivity index (χ3n) is 4.01. The molecule has 0 bridgehead atoms. The number of rotatable bonds is 5. The molecule has 0 aromatic carbocycles. The van der Waals surface area contributed by atoms with Gasteiger partial charge in [-0.25, -0.2) is 4.98 Å². The summed E-state index contributed by atoms with van der Waals surface area (Å²) < 4.78 is 6.11. The van der Waals surface area contributed by atoms with E-state index in [-0.39, 0.29) is 17.9 Å². The molecule has 0 radical (unpaired) electrons. The van der Waals surface area contributed by atoms with Crippen molar-refractivity contribution in [3.05, 3.63) is 49.5 Å². The van der Waals surface area contributed by atoms with E-state index in [9.17, 15) is 14.4 Å². The molecule has 3 aromatic rings. The van der Waals surface area contributed by atoms with E-state index >= 15 is 0 Å². The van der Waals surface area contributed by atoms with Gasteiger partial charge in [-0.3, -0.25) is 14.4 Å². The number of nitrogens with zero attached hydrogens (tertiary/aromatic N) is 2. The van der Waals surface area contributed by atoms with Crippen molar-refractivity contribution in [3.8, 4) is 0 Å². The lowest BCUT2D eigenvalue weighted by atomic mass is 10.1. The lowest BCUT2D eigenvalue weighted by Crippen LogP contribution is -2.30. The van der Waals surface area contributed by atoms with Crippen molar-refractivity contribution in [2.75, 3.05) is 7.11 Å². The second kappa shape index (κ2) is 7.38. The monoisotopic (exact) mass is 391 g/mol. The lowest BCUT2D eigenvalue weighted by Gasteiger charge is -2.16. The van der Waals surface area contributed by atoms with Crippen LogP contribution in [0.2, 0.25) is 0 Å². The number of fused-ring (bicyclic) bond motifs is 1. The summed E-state index contributed by atoms with van der Waals surface area (Å²) in [7, 11) is 2.93. The topological polar surface area (TPSA) is 90.3 Å². The van der Waals surface area contributed by atoms with Crippen LogP contribution in [0.4, 0.5) is 0 Å². The van der Waals surface area contributed by atoms with Gasteiger partial charge in [0.2, 0.25) is 0 Å². The molecule has 26 heavy (non-hydrogen) atoms. The second-order valence-electron chi connectivity index (χ2n) is 5.72. The van der Waals surface area contributed by atoms with Crippen LogP contribution < -0.4 is 10.9 Å². The van der Waals surface area contributed by atoms with Crippen molar-refractivity contribution in [1.29, 1.82) is 0 Å². The third kappa shape index (κ3) is 3.40. The van der Waals surface area contributed by atoms with Crippen molar-refractivity contribution in [2.24, 2.45) is 7.05 Å². The molecular formula is C17H17N3O4S2. The first-order valence-electron chi connectivity index (χ1n) is 7.78. The molecule has 0 saturated carbocycles. The van der Waals surface area contributed by atoms with Crippen LogP contribution in [0, 0.1) is 6.92 Å². The minimum absolute atomic E-state index is 0.0344. The maximum Gasteiger partial charge on any atom is 0.307 e. The van der Waals surface area contributed by atoms with E-state index in [2.05, 4.69) is 10.3 Å².